The molecule has 1 amide bonds. The third-order valence-electron chi connectivity index (χ3n) is 5.28. The molecule has 6 nitrogen and oxygen atoms in total. The Morgan fingerprint density at radius 1 is 1.22 bits per heavy atom. The number of hydrogen-bond acceptors (Lipinski definition) is 4. The molecule has 142 valence electrons. The van der Waals surface area contributed by atoms with Crippen LogP contribution in [0, 0.1) is 20.8 Å². The molecule has 27 heavy (non-hydrogen) atoms. The van der Waals surface area contributed by atoms with Crippen LogP contribution in [-0.4, -0.2) is 28.6 Å². The number of hydrogen-bond donors (Lipinski definition) is 2. The number of aryl methyl sites for hydroxylation is 1. The van der Waals surface area contributed by atoms with Gasteiger partial charge >= 0.3 is 5.97 Å². The molecule has 0 saturated carbocycles. The first-order chi connectivity index (χ1) is 12.6. The second kappa shape index (κ2) is 6.68. The zero-order chi connectivity index (χ0) is 19.9. The van der Waals surface area contributed by atoms with Crippen LogP contribution in [0.2, 0.25) is 0 Å². The lowest BCUT2D eigenvalue weighted by atomic mass is 9.89. The fraction of sp³-hybridized carbons (Fsp3) is 0.381. The van der Waals surface area contributed by atoms with Crippen molar-refractivity contribution in [3.05, 3.63) is 51.8 Å². The average Bonchev–Trinajstić information content (AvgIpc) is 2.83. The lowest BCUT2D eigenvalue weighted by Gasteiger charge is -2.18. The van der Waals surface area contributed by atoms with Gasteiger partial charge in [-0.3, -0.25) is 9.78 Å². The molecule has 2 aromatic rings. The van der Waals surface area contributed by atoms with Crippen LogP contribution in [0.4, 0.5) is 5.69 Å². The molecule has 0 unspecified atom stereocenters. The highest BCUT2D eigenvalue weighted by Crippen LogP contribution is 2.36. The highest BCUT2D eigenvalue weighted by Gasteiger charge is 2.40. The quantitative estimate of drug-likeness (QED) is 0.845. The number of amides is 1. The van der Waals surface area contributed by atoms with Gasteiger partial charge in [-0.15, -0.1) is 0 Å². The van der Waals surface area contributed by atoms with E-state index >= 15 is 0 Å². The van der Waals surface area contributed by atoms with Crippen molar-refractivity contribution in [1.82, 2.24) is 4.98 Å². The van der Waals surface area contributed by atoms with Crippen molar-refractivity contribution in [3.8, 4) is 5.75 Å². The molecule has 0 bridgehead atoms. The van der Waals surface area contributed by atoms with E-state index in [4.69, 9.17) is 14.8 Å². The van der Waals surface area contributed by atoms with E-state index in [2.05, 4.69) is 5.32 Å². The molecule has 0 aliphatic carbocycles. The van der Waals surface area contributed by atoms with Crippen LogP contribution in [0.5, 0.6) is 5.75 Å². The molecule has 1 aromatic heterocycles. The van der Waals surface area contributed by atoms with Gasteiger partial charge < -0.3 is 15.2 Å². The molecular weight excluding hydrogens is 344 g/mol. The summed E-state index contributed by atoms with van der Waals surface area (Å²) >= 11 is 0. The van der Waals surface area contributed by atoms with E-state index in [1.807, 2.05) is 52.8 Å². The summed E-state index contributed by atoms with van der Waals surface area (Å²) in [5.74, 6) is -0.443. The van der Waals surface area contributed by atoms with E-state index in [-0.39, 0.29) is 12.5 Å². The number of pyridine rings is 1. The zero-order valence-electron chi connectivity index (χ0n) is 16.3. The Labute approximate surface area is 158 Å². The predicted octanol–water partition coefficient (Wildman–Crippen LogP) is 3.29. The van der Waals surface area contributed by atoms with Crippen molar-refractivity contribution in [2.45, 2.75) is 46.5 Å². The molecule has 6 heteroatoms. The summed E-state index contributed by atoms with van der Waals surface area (Å²) in [6, 6.07) is 5.72. The van der Waals surface area contributed by atoms with Gasteiger partial charge in [-0.05, 0) is 75.1 Å². The highest BCUT2D eigenvalue weighted by atomic mass is 16.5. The van der Waals surface area contributed by atoms with Gasteiger partial charge in [0.25, 0.3) is 0 Å². The van der Waals surface area contributed by atoms with Gasteiger partial charge in [-0.25, -0.2) is 4.79 Å². The van der Waals surface area contributed by atoms with Crippen LogP contribution in [0.1, 0.15) is 47.5 Å². The Morgan fingerprint density at radius 3 is 2.59 bits per heavy atom. The van der Waals surface area contributed by atoms with E-state index in [0.717, 1.165) is 39.3 Å². The van der Waals surface area contributed by atoms with Gasteiger partial charge in [-0.2, -0.15) is 0 Å². The first kappa shape index (κ1) is 18.9. The van der Waals surface area contributed by atoms with Crippen LogP contribution in [0.3, 0.4) is 0 Å². The van der Waals surface area contributed by atoms with Crippen LogP contribution in [0.25, 0.3) is 0 Å². The van der Waals surface area contributed by atoms with Gasteiger partial charge in [0.15, 0.2) is 6.61 Å². The maximum atomic E-state index is 12.1. The second-order valence-corrected chi connectivity index (χ2v) is 7.56. The molecule has 0 spiro atoms. The normalized spacial score (nSPS) is 14.6. The SMILES string of the molecule is Cc1cc(OCC(=O)O)c(C)c(C)c1Cc1ccc2c(n1)C(C)(C)C(=O)N2. The largest absolute Gasteiger partial charge is 0.482 e. The third-order valence-corrected chi connectivity index (χ3v) is 5.28. The number of carboxylic acid groups (broad SMARTS) is 1. The Hall–Kier alpha value is -2.89. The number of ether oxygens (including phenoxy) is 1. The predicted molar refractivity (Wildman–Crippen MR) is 102 cm³/mol. The van der Waals surface area contributed by atoms with E-state index in [9.17, 15) is 9.59 Å². The number of anilines is 1. The minimum atomic E-state index is -0.998. The molecular formula is C21H24N2O4. The highest BCUT2D eigenvalue weighted by molar-refractivity contribution is 6.04. The molecule has 1 aliphatic rings. The van der Waals surface area contributed by atoms with Crippen molar-refractivity contribution in [2.75, 3.05) is 11.9 Å². The number of fused-ring (bicyclic) bond motifs is 1. The number of aromatic nitrogens is 1. The minimum absolute atomic E-state index is 0.0368. The van der Waals surface area contributed by atoms with Crippen LogP contribution in [0.15, 0.2) is 18.2 Å². The minimum Gasteiger partial charge on any atom is -0.482 e. The number of nitrogens with one attached hydrogen (secondary N) is 1. The molecule has 2 heterocycles. The van der Waals surface area contributed by atoms with Gasteiger partial charge in [-0.1, -0.05) is 0 Å². The monoisotopic (exact) mass is 368 g/mol. The molecule has 0 saturated heterocycles. The molecule has 0 atom stereocenters. The van der Waals surface area contributed by atoms with Crippen LogP contribution < -0.4 is 10.1 Å². The molecule has 1 aromatic carbocycles. The topological polar surface area (TPSA) is 88.5 Å². The summed E-state index contributed by atoms with van der Waals surface area (Å²) in [6.07, 6.45) is 0.634. The summed E-state index contributed by atoms with van der Waals surface area (Å²) in [7, 11) is 0. The molecule has 2 N–H and O–H groups in total. The maximum absolute atomic E-state index is 12.1. The van der Waals surface area contributed by atoms with Crippen molar-refractivity contribution >= 4 is 17.6 Å². The van der Waals surface area contributed by atoms with Crippen LogP contribution in [-0.2, 0) is 21.4 Å². The number of carboxylic acids is 1. The molecule has 0 radical (unpaired) electrons. The number of aliphatic carboxylic acids is 1. The number of carbonyl (C=O) groups is 2. The lowest BCUT2D eigenvalue weighted by molar-refractivity contribution is -0.139. The molecule has 3 rings (SSSR count). The van der Waals surface area contributed by atoms with Gasteiger partial charge in [0.1, 0.15) is 5.75 Å². The van der Waals surface area contributed by atoms with Crippen molar-refractivity contribution in [3.63, 3.8) is 0 Å². The zero-order valence-corrected chi connectivity index (χ0v) is 16.3. The van der Waals surface area contributed by atoms with Crippen LogP contribution >= 0.6 is 0 Å². The number of rotatable bonds is 5. The Bertz CT molecular complexity index is 948. The lowest BCUT2D eigenvalue weighted by Crippen LogP contribution is -2.27. The van der Waals surface area contributed by atoms with Crippen molar-refractivity contribution in [2.24, 2.45) is 0 Å². The number of nitrogens with zero attached hydrogens (tertiary/aromatic N) is 1. The Morgan fingerprint density at radius 2 is 1.93 bits per heavy atom. The first-order valence-electron chi connectivity index (χ1n) is 8.87. The van der Waals surface area contributed by atoms with Crippen molar-refractivity contribution < 1.29 is 19.4 Å². The van der Waals surface area contributed by atoms with E-state index in [0.29, 0.717) is 12.2 Å². The third kappa shape index (κ3) is 3.39. The van der Waals surface area contributed by atoms with E-state index < -0.39 is 11.4 Å². The molecule has 1 aliphatic heterocycles. The van der Waals surface area contributed by atoms with Gasteiger partial charge in [0.05, 0.1) is 16.8 Å². The van der Waals surface area contributed by atoms with E-state index in [1.54, 1.807) is 0 Å². The smallest absolute Gasteiger partial charge is 0.341 e. The number of carbonyl (C=O) groups excluding carboxylic acids is 1. The molecule has 0 fully saturated rings. The summed E-state index contributed by atoms with van der Waals surface area (Å²) in [4.78, 5) is 27.6. The standard InChI is InChI=1S/C21H24N2O4/c1-11-8-17(27-10-18(24)25)13(3)12(2)15(11)9-14-6-7-16-19(22-14)21(4,5)20(26)23-16/h6-8H,9-10H2,1-5H3,(H,23,26)(H,24,25). The maximum Gasteiger partial charge on any atom is 0.341 e. The summed E-state index contributed by atoms with van der Waals surface area (Å²) in [5, 5.41) is 11.7. The average molecular weight is 368 g/mol. The Kier molecular flexibility index (Phi) is 4.68. The number of benzene rings is 1. The summed E-state index contributed by atoms with van der Waals surface area (Å²) < 4.78 is 5.40. The van der Waals surface area contributed by atoms with Gasteiger partial charge in [0.2, 0.25) is 5.91 Å². The summed E-state index contributed by atoms with van der Waals surface area (Å²) in [6.45, 7) is 9.31. The fourth-order valence-electron chi connectivity index (χ4n) is 3.40. The van der Waals surface area contributed by atoms with E-state index in [1.165, 1.54) is 0 Å². The van der Waals surface area contributed by atoms with Gasteiger partial charge in [0, 0.05) is 12.1 Å². The summed E-state index contributed by atoms with van der Waals surface area (Å²) in [5.41, 5.74) is 5.95. The van der Waals surface area contributed by atoms with Crippen molar-refractivity contribution in [1.29, 1.82) is 0 Å². The Balaban J connectivity index is 1.93. The second-order valence-electron chi connectivity index (χ2n) is 7.56. The fourth-order valence-corrected chi connectivity index (χ4v) is 3.40. The first-order valence-corrected chi connectivity index (χ1v) is 8.87.